The highest BCUT2D eigenvalue weighted by atomic mass is 19.1. The van der Waals surface area contributed by atoms with Crippen molar-refractivity contribution in [1.29, 1.82) is 0 Å². The molecule has 1 aromatic carbocycles. The topological polar surface area (TPSA) is 104 Å². The summed E-state index contributed by atoms with van der Waals surface area (Å²) in [6, 6.07) is 3.65. The van der Waals surface area contributed by atoms with Crippen molar-refractivity contribution in [2.75, 3.05) is 24.2 Å². The van der Waals surface area contributed by atoms with Crippen LogP contribution in [0.3, 0.4) is 0 Å². The highest BCUT2D eigenvalue weighted by Gasteiger charge is 2.55. The number of fused-ring (bicyclic) bond motifs is 4. The zero-order valence-electron chi connectivity index (χ0n) is 18.7. The summed E-state index contributed by atoms with van der Waals surface area (Å²) in [6.07, 6.45) is 5.77. The van der Waals surface area contributed by atoms with Crippen LogP contribution in [-0.4, -0.2) is 55.6 Å². The lowest BCUT2D eigenvalue weighted by Crippen LogP contribution is -2.19. The zero-order valence-corrected chi connectivity index (χ0v) is 18.7. The van der Waals surface area contributed by atoms with Gasteiger partial charge in [0.25, 0.3) is 0 Å². The molecule has 0 bridgehead atoms. The van der Waals surface area contributed by atoms with E-state index >= 15 is 0 Å². The highest BCUT2D eigenvalue weighted by Crippen LogP contribution is 2.45. The molecule has 2 fully saturated rings. The van der Waals surface area contributed by atoms with Gasteiger partial charge in [-0.3, -0.25) is 4.90 Å². The minimum atomic E-state index is -0.325. The van der Waals surface area contributed by atoms with E-state index in [1.54, 1.807) is 19.4 Å². The maximum absolute atomic E-state index is 14.4. The largest absolute Gasteiger partial charge is 0.421 e. The number of hydrogen-bond donors (Lipinski definition) is 3. The SMILES string of the molecule is CC[C@H]1CCN2C(Nc3nc(Oc4cnc(C)nc4)nc4[nH]c5c(NC)cc(F)cc5c34)[C@@H]12. The molecule has 0 amide bonds. The second-order valence-corrected chi connectivity index (χ2v) is 8.67. The van der Waals surface area contributed by atoms with Gasteiger partial charge in [0.1, 0.15) is 23.1 Å². The molecular weight excluding hydrogens is 423 g/mol. The van der Waals surface area contributed by atoms with Gasteiger partial charge in [-0.2, -0.15) is 9.97 Å². The number of H-pyrrole nitrogens is 1. The predicted octanol–water partition coefficient (Wildman–Crippen LogP) is 4.03. The summed E-state index contributed by atoms with van der Waals surface area (Å²) in [5.41, 5.74) is 1.99. The Morgan fingerprint density at radius 3 is 2.82 bits per heavy atom. The molecule has 4 aromatic rings. The number of hydrogen-bond acceptors (Lipinski definition) is 8. The first-order valence-corrected chi connectivity index (χ1v) is 11.2. The van der Waals surface area contributed by atoms with E-state index in [0.717, 1.165) is 29.3 Å². The number of aromatic amines is 1. The van der Waals surface area contributed by atoms with E-state index in [4.69, 9.17) is 9.72 Å². The van der Waals surface area contributed by atoms with Crippen LogP contribution in [-0.2, 0) is 0 Å². The molecule has 2 aliphatic rings. The number of piperidine rings is 1. The van der Waals surface area contributed by atoms with E-state index in [1.165, 1.54) is 18.6 Å². The van der Waals surface area contributed by atoms with Crippen LogP contribution in [0, 0.1) is 18.7 Å². The molecule has 0 spiro atoms. The number of nitrogens with one attached hydrogen (secondary N) is 3. The van der Waals surface area contributed by atoms with Crippen molar-refractivity contribution in [3.05, 3.63) is 36.2 Å². The van der Waals surface area contributed by atoms with E-state index in [9.17, 15) is 4.39 Å². The molecule has 33 heavy (non-hydrogen) atoms. The van der Waals surface area contributed by atoms with E-state index < -0.39 is 0 Å². The molecule has 0 saturated carbocycles. The Kier molecular flexibility index (Phi) is 4.58. The molecule has 0 aliphatic carbocycles. The van der Waals surface area contributed by atoms with Gasteiger partial charge in [0.15, 0.2) is 5.75 Å². The number of aryl methyl sites for hydroxylation is 1. The predicted molar refractivity (Wildman–Crippen MR) is 124 cm³/mol. The number of nitrogens with zero attached hydrogens (tertiary/aromatic N) is 5. The number of anilines is 2. The fourth-order valence-corrected chi connectivity index (χ4v) is 5.08. The molecule has 170 valence electrons. The van der Waals surface area contributed by atoms with Gasteiger partial charge in [0.05, 0.1) is 35.1 Å². The fourth-order valence-electron chi connectivity index (χ4n) is 5.08. The minimum Gasteiger partial charge on any atom is -0.421 e. The summed E-state index contributed by atoms with van der Waals surface area (Å²) in [4.78, 5) is 23.4. The Balaban J connectivity index is 1.46. The number of halogens is 1. The molecule has 2 saturated heterocycles. The quantitative estimate of drug-likeness (QED) is 0.380. The number of aromatic nitrogens is 5. The summed E-state index contributed by atoms with van der Waals surface area (Å²) in [5.74, 6) is 2.07. The van der Waals surface area contributed by atoms with E-state index in [0.29, 0.717) is 40.7 Å². The summed E-state index contributed by atoms with van der Waals surface area (Å²) in [6.45, 7) is 5.12. The van der Waals surface area contributed by atoms with Crippen LogP contribution in [0.25, 0.3) is 21.9 Å². The Bertz CT molecular complexity index is 1350. The van der Waals surface area contributed by atoms with Gasteiger partial charge in [0.2, 0.25) is 0 Å². The average Bonchev–Trinajstić information content (AvgIpc) is 3.14. The first-order valence-electron chi connectivity index (χ1n) is 11.2. The number of benzene rings is 1. The van der Waals surface area contributed by atoms with Crippen LogP contribution in [0.15, 0.2) is 24.5 Å². The highest BCUT2D eigenvalue weighted by molar-refractivity contribution is 6.14. The summed E-state index contributed by atoms with van der Waals surface area (Å²) >= 11 is 0. The Morgan fingerprint density at radius 1 is 1.24 bits per heavy atom. The van der Waals surface area contributed by atoms with Crippen molar-refractivity contribution in [1.82, 2.24) is 29.8 Å². The van der Waals surface area contributed by atoms with Gasteiger partial charge in [-0.15, -0.1) is 0 Å². The molecule has 0 radical (unpaired) electrons. The third kappa shape index (κ3) is 3.32. The lowest BCUT2D eigenvalue weighted by Gasteiger charge is -2.13. The van der Waals surface area contributed by atoms with Crippen LogP contribution in [0.4, 0.5) is 15.9 Å². The van der Waals surface area contributed by atoms with E-state index in [2.05, 4.69) is 42.4 Å². The van der Waals surface area contributed by atoms with Crippen molar-refractivity contribution in [2.45, 2.75) is 38.9 Å². The molecule has 3 aromatic heterocycles. The molecule has 10 heteroatoms. The first-order chi connectivity index (χ1) is 16.1. The monoisotopic (exact) mass is 448 g/mol. The van der Waals surface area contributed by atoms with Crippen LogP contribution >= 0.6 is 0 Å². The van der Waals surface area contributed by atoms with Gasteiger partial charge in [-0.1, -0.05) is 13.3 Å². The minimum absolute atomic E-state index is 0.170. The van der Waals surface area contributed by atoms with Gasteiger partial charge < -0.3 is 20.4 Å². The average molecular weight is 449 g/mol. The second kappa shape index (κ2) is 7.51. The van der Waals surface area contributed by atoms with Crippen molar-refractivity contribution >= 4 is 33.4 Å². The third-order valence-corrected chi connectivity index (χ3v) is 6.76. The van der Waals surface area contributed by atoms with Gasteiger partial charge in [-0.05, 0) is 31.4 Å². The van der Waals surface area contributed by atoms with Crippen molar-refractivity contribution in [3.63, 3.8) is 0 Å². The number of ether oxygens (including phenoxy) is 1. The van der Waals surface area contributed by atoms with Crippen molar-refractivity contribution in [3.8, 4) is 11.8 Å². The third-order valence-electron chi connectivity index (χ3n) is 6.76. The van der Waals surface area contributed by atoms with Crippen LogP contribution < -0.4 is 15.4 Å². The smallest absolute Gasteiger partial charge is 0.326 e. The van der Waals surface area contributed by atoms with E-state index in [1.807, 2.05) is 6.92 Å². The Morgan fingerprint density at radius 2 is 2.06 bits per heavy atom. The number of rotatable bonds is 6. The molecule has 2 unspecified atom stereocenters. The molecule has 4 atom stereocenters. The lowest BCUT2D eigenvalue weighted by molar-refractivity contribution is 0.439. The molecule has 5 heterocycles. The van der Waals surface area contributed by atoms with Crippen LogP contribution in [0.1, 0.15) is 25.6 Å². The fraction of sp³-hybridized carbons (Fsp3) is 0.391. The van der Waals surface area contributed by atoms with Crippen LogP contribution in [0.5, 0.6) is 11.8 Å². The maximum atomic E-state index is 14.4. The molecule has 6 rings (SSSR count). The van der Waals surface area contributed by atoms with Gasteiger partial charge in [0, 0.05) is 25.0 Å². The molecule has 9 nitrogen and oxygen atoms in total. The molecule has 3 N–H and O–H groups in total. The van der Waals surface area contributed by atoms with Crippen molar-refractivity contribution < 1.29 is 9.13 Å². The first kappa shape index (κ1) is 20.1. The van der Waals surface area contributed by atoms with Crippen LogP contribution in [0.2, 0.25) is 0 Å². The van der Waals surface area contributed by atoms with Gasteiger partial charge >= 0.3 is 6.01 Å². The summed E-state index contributed by atoms with van der Waals surface area (Å²) in [7, 11) is 1.76. The summed E-state index contributed by atoms with van der Waals surface area (Å²) < 4.78 is 20.3. The van der Waals surface area contributed by atoms with E-state index in [-0.39, 0.29) is 18.0 Å². The summed E-state index contributed by atoms with van der Waals surface area (Å²) in [5, 5.41) is 8.11. The standard InChI is InChI=1S/C23H25FN8O/c1-4-12-5-6-32-19(12)22(32)29-21-17-15-7-13(24)8-16(25-3)18(15)28-20(17)30-23(31-21)33-14-9-26-11(2)27-10-14/h7-10,12,19,22,25H,4-6H2,1-3H3,(H2,28,29,30,31)/t12-,19+,22?,32?/m0/s1. The Hall–Kier alpha value is -3.53. The Labute approximate surface area is 189 Å². The normalized spacial score (nSPS) is 23.6. The molecule has 2 aliphatic heterocycles. The van der Waals surface area contributed by atoms with Crippen molar-refractivity contribution in [2.24, 2.45) is 5.92 Å². The zero-order chi connectivity index (χ0) is 22.7. The van der Waals surface area contributed by atoms with Gasteiger partial charge in [-0.25, -0.2) is 14.4 Å². The maximum Gasteiger partial charge on any atom is 0.326 e. The molecular formula is C23H25FN8O. The lowest BCUT2D eigenvalue weighted by atomic mass is 10.00. The second-order valence-electron chi connectivity index (χ2n) is 8.67.